The topological polar surface area (TPSA) is 76.2 Å². The summed E-state index contributed by atoms with van der Waals surface area (Å²) in [7, 11) is 0. The summed E-state index contributed by atoms with van der Waals surface area (Å²) in [5, 5.41) is 20.0. The minimum Gasteiger partial charge on any atom is -0.479 e. The lowest BCUT2D eigenvalue weighted by atomic mass is 10.1. The first kappa shape index (κ1) is 13.1. The Bertz CT molecular complexity index is 749. The first-order chi connectivity index (χ1) is 10.2. The van der Waals surface area contributed by atoms with Crippen molar-refractivity contribution in [1.29, 1.82) is 5.26 Å². The van der Waals surface area contributed by atoms with Crippen LogP contribution in [0.5, 0.6) is 5.75 Å². The highest BCUT2D eigenvalue weighted by atomic mass is 16.6. The number of nitro benzene ring substituents is 1. The van der Waals surface area contributed by atoms with Gasteiger partial charge in [-0.3, -0.25) is 10.1 Å². The SMILES string of the molecule is N#Cc1ccc(O[C@H]2CCc3ccccc32)c([N+](=O)[O-])c1. The largest absolute Gasteiger partial charge is 0.479 e. The Morgan fingerprint density at radius 3 is 2.86 bits per heavy atom. The van der Waals surface area contributed by atoms with Gasteiger partial charge in [0.15, 0.2) is 5.75 Å². The van der Waals surface area contributed by atoms with Gasteiger partial charge in [-0.2, -0.15) is 5.26 Å². The number of fused-ring (bicyclic) bond motifs is 1. The number of ether oxygens (including phenoxy) is 1. The number of rotatable bonds is 3. The zero-order valence-electron chi connectivity index (χ0n) is 11.2. The van der Waals surface area contributed by atoms with E-state index in [1.54, 1.807) is 0 Å². The van der Waals surface area contributed by atoms with Gasteiger partial charge >= 0.3 is 5.69 Å². The molecule has 1 aliphatic rings. The van der Waals surface area contributed by atoms with E-state index in [1.165, 1.54) is 23.8 Å². The minimum absolute atomic E-state index is 0.168. The van der Waals surface area contributed by atoms with E-state index < -0.39 is 4.92 Å². The number of nitro groups is 1. The van der Waals surface area contributed by atoms with Crippen molar-refractivity contribution in [3.63, 3.8) is 0 Å². The van der Waals surface area contributed by atoms with Crippen LogP contribution < -0.4 is 4.74 Å². The Morgan fingerprint density at radius 2 is 2.10 bits per heavy atom. The molecule has 0 saturated heterocycles. The van der Waals surface area contributed by atoms with Crippen molar-refractivity contribution in [3.8, 4) is 11.8 Å². The third-order valence-electron chi connectivity index (χ3n) is 3.63. The number of aryl methyl sites for hydroxylation is 1. The molecule has 0 bridgehead atoms. The van der Waals surface area contributed by atoms with Crippen LogP contribution in [0.15, 0.2) is 42.5 Å². The Labute approximate surface area is 121 Å². The average molecular weight is 280 g/mol. The first-order valence-electron chi connectivity index (χ1n) is 6.62. The van der Waals surface area contributed by atoms with Gasteiger partial charge in [-0.15, -0.1) is 0 Å². The van der Waals surface area contributed by atoms with Gasteiger partial charge in [-0.1, -0.05) is 24.3 Å². The fourth-order valence-electron chi connectivity index (χ4n) is 2.62. The van der Waals surface area contributed by atoms with Crippen molar-refractivity contribution >= 4 is 5.69 Å². The second-order valence-corrected chi connectivity index (χ2v) is 4.90. The highest BCUT2D eigenvalue weighted by Gasteiger charge is 2.26. The number of nitrogens with zero attached hydrogens (tertiary/aromatic N) is 2. The van der Waals surface area contributed by atoms with Gasteiger partial charge < -0.3 is 4.74 Å². The molecule has 0 heterocycles. The van der Waals surface area contributed by atoms with Crippen LogP contribution in [0.1, 0.15) is 29.2 Å². The maximum Gasteiger partial charge on any atom is 0.312 e. The van der Waals surface area contributed by atoms with Crippen LogP contribution in [0.4, 0.5) is 5.69 Å². The standard InChI is InChI=1S/C16H12N2O3/c17-10-11-5-7-16(14(9-11)18(19)20)21-15-8-6-12-3-1-2-4-13(12)15/h1-5,7,9,15H,6,8H2/t15-/m0/s1. The third kappa shape index (κ3) is 2.43. The van der Waals surface area contributed by atoms with Gasteiger partial charge in [-0.25, -0.2) is 0 Å². The molecule has 3 rings (SSSR count). The van der Waals surface area contributed by atoms with Crippen molar-refractivity contribution in [1.82, 2.24) is 0 Å². The van der Waals surface area contributed by atoms with Crippen LogP contribution >= 0.6 is 0 Å². The van der Waals surface area contributed by atoms with Crippen molar-refractivity contribution < 1.29 is 9.66 Å². The number of hydrogen-bond acceptors (Lipinski definition) is 4. The van der Waals surface area contributed by atoms with E-state index in [2.05, 4.69) is 0 Å². The summed E-state index contributed by atoms with van der Waals surface area (Å²) in [5.41, 5.74) is 2.38. The van der Waals surface area contributed by atoms with E-state index in [4.69, 9.17) is 10.00 Å². The van der Waals surface area contributed by atoms with Crippen molar-refractivity contribution in [2.24, 2.45) is 0 Å². The van der Waals surface area contributed by atoms with E-state index in [9.17, 15) is 10.1 Å². The normalized spacial score (nSPS) is 16.0. The van der Waals surface area contributed by atoms with E-state index in [1.807, 2.05) is 30.3 Å². The smallest absolute Gasteiger partial charge is 0.312 e. The fraction of sp³-hybridized carbons (Fsp3) is 0.188. The van der Waals surface area contributed by atoms with Gasteiger partial charge in [0.2, 0.25) is 0 Å². The summed E-state index contributed by atoms with van der Waals surface area (Å²) in [6.07, 6.45) is 1.54. The van der Waals surface area contributed by atoms with Crippen LogP contribution in [0.3, 0.4) is 0 Å². The van der Waals surface area contributed by atoms with E-state index in [-0.39, 0.29) is 23.1 Å². The number of benzene rings is 2. The van der Waals surface area contributed by atoms with Crippen molar-refractivity contribution in [2.45, 2.75) is 18.9 Å². The highest BCUT2D eigenvalue weighted by Crippen LogP contribution is 2.38. The monoisotopic (exact) mass is 280 g/mol. The summed E-state index contributed by atoms with van der Waals surface area (Å²) >= 11 is 0. The number of nitriles is 1. The molecule has 0 N–H and O–H groups in total. The number of hydrogen-bond donors (Lipinski definition) is 0. The molecule has 1 aliphatic carbocycles. The van der Waals surface area contributed by atoms with Crippen LogP contribution in [-0.2, 0) is 6.42 Å². The Hall–Kier alpha value is -2.87. The molecule has 0 unspecified atom stereocenters. The lowest BCUT2D eigenvalue weighted by Gasteiger charge is -2.14. The lowest BCUT2D eigenvalue weighted by molar-refractivity contribution is -0.386. The summed E-state index contributed by atoms with van der Waals surface area (Å²) in [5.74, 6) is 0.209. The maximum atomic E-state index is 11.1. The molecular formula is C16H12N2O3. The lowest BCUT2D eigenvalue weighted by Crippen LogP contribution is -2.05. The van der Waals surface area contributed by atoms with Gasteiger partial charge in [0, 0.05) is 6.07 Å². The van der Waals surface area contributed by atoms with Crippen LogP contribution in [0.2, 0.25) is 0 Å². The predicted octanol–water partition coefficient (Wildman–Crippen LogP) is 3.53. The van der Waals surface area contributed by atoms with Crippen LogP contribution in [0, 0.1) is 21.4 Å². The molecule has 0 spiro atoms. The Kier molecular flexibility index (Phi) is 3.28. The molecule has 5 nitrogen and oxygen atoms in total. The van der Waals surface area contributed by atoms with Gasteiger partial charge in [0.05, 0.1) is 16.6 Å². The van der Waals surface area contributed by atoms with E-state index in [0.717, 1.165) is 18.4 Å². The molecule has 0 radical (unpaired) electrons. The maximum absolute atomic E-state index is 11.1. The second kappa shape index (κ2) is 5.25. The van der Waals surface area contributed by atoms with Crippen LogP contribution in [-0.4, -0.2) is 4.92 Å². The Balaban J connectivity index is 1.93. The molecule has 1 atom stereocenters. The molecule has 21 heavy (non-hydrogen) atoms. The van der Waals surface area contributed by atoms with Crippen LogP contribution in [0.25, 0.3) is 0 Å². The molecular weight excluding hydrogens is 268 g/mol. The van der Waals surface area contributed by atoms with E-state index >= 15 is 0 Å². The molecule has 0 fully saturated rings. The molecule has 0 saturated carbocycles. The summed E-state index contributed by atoms with van der Waals surface area (Å²) in [4.78, 5) is 10.6. The zero-order valence-corrected chi connectivity index (χ0v) is 11.2. The summed E-state index contributed by atoms with van der Waals surface area (Å²) in [6.45, 7) is 0. The van der Waals surface area contributed by atoms with Gasteiger partial charge in [0.1, 0.15) is 6.10 Å². The molecule has 2 aromatic carbocycles. The predicted molar refractivity (Wildman–Crippen MR) is 75.9 cm³/mol. The molecule has 5 heteroatoms. The second-order valence-electron chi connectivity index (χ2n) is 4.90. The van der Waals surface area contributed by atoms with E-state index in [0.29, 0.717) is 0 Å². The summed E-state index contributed by atoms with van der Waals surface area (Å²) in [6, 6.07) is 14.1. The molecule has 104 valence electrons. The molecule has 0 aliphatic heterocycles. The zero-order chi connectivity index (χ0) is 14.8. The van der Waals surface area contributed by atoms with Crippen molar-refractivity contribution in [2.75, 3.05) is 0 Å². The van der Waals surface area contributed by atoms with Gasteiger partial charge in [0.25, 0.3) is 0 Å². The summed E-state index contributed by atoms with van der Waals surface area (Å²) < 4.78 is 5.84. The quantitative estimate of drug-likeness (QED) is 0.636. The minimum atomic E-state index is -0.517. The third-order valence-corrected chi connectivity index (χ3v) is 3.63. The van der Waals surface area contributed by atoms with Crippen molar-refractivity contribution in [3.05, 3.63) is 69.3 Å². The Morgan fingerprint density at radius 1 is 1.29 bits per heavy atom. The molecule has 0 aromatic heterocycles. The first-order valence-corrected chi connectivity index (χ1v) is 6.62. The fourth-order valence-corrected chi connectivity index (χ4v) is 2.62. The average Bonchev–Trinajstić information content (AvgIpc) is 2.91. The van der Waals surface area contributed by atoms with Gasteiger partial charge in [-0.05, 0) is 36.1 Å². The molecule has 2 aromatic rings. The highest BCUT2D eigenvalue weighted by molar-refractivity contribution is 5.52. The molecule has 0 amide bonds.